The lowest BCUT2D eigenvalue weighted by Gasteiger charge is -2.11. The summed E-state index contributed by atoms with van der Waals surface area (Å²) < 4.78 is 24.9. The van der Waals surface area contributed by atoms with Gasteiger partial charge in [0.15, 0.2) is 5.65 Å². The van der Waals surface area contributed by atoms with E-state index in [1.54, 1.807) is 40.8 Å². The molecule has 5 aromatic rings. The highest BCUT2D eigenvalue weighted by Gasteiger charge is 2.26. The van der Waals surface area contributed by atoms with Crippen LogP contribution in [0, 0.1) is 11.7 Å². The number of hydrogen-bond donors (Lipinski definition) is 1. The molecule has 37 heavy (non-hydrogen) atoms. The van der Waals surface area contributed by atoms with E-state index in [0.29, 0.717) is 28.9 Å². The molecule has 0 fully saturated rings. The molecule has 0 aliphatic carbocycles. The summed E-state index contributed by atoms with van der Waals surface area (Å²) in [5.41, 5.74) is 2.10. The minimum Gasteiger partial charge on any atom is -0.465 e. The Morgan fingerprint density at radius 1 is 1.19 bits per heavy atom. The minimum atomic E-state index is -0.519. The molecule has 0 spiro atoms. The number of fused-ring (bicyclic) bond motifs is 2. The molecule has 11 heteroatoms. The first-order chi connectivity index (χ1) is 17.6. The van der Waals surface area contributed by atoms with E-state index >= 15 is 0 Å². The zero-order chi connectivity index (χ0) is 26.6. The van der Waals surface area contributed by atoms with E-state index in [4.69, 9.17) is 9.84 Å². The van der Waals surface area contributed by atoms with Crippen molar-refractivity contribution in [2.45, 2.75) is 26.9 Å². The number of carbonyl (C=O) groups is 1. The molecule has 1 aromatic carbocycles. The van der Waals surface area contributed by atoms with Gasteiger partial charge in [-0.2, -0.15) is 5.10 Å². The van der Waals surface area contributed by atoms with Gasteiger partial charge in [-0.3, -0.25) is 18.6 Å². The third kappa shape index (κ3) is 3.96. The molecule has 5 rings (SSSR count). The Hall–Kier alpha value is -4.41. The predicted octanol–water partition coefficient (Wildman–Crippen LogP) is 3.01. The van der Waals surface area contributed by atoms with Gasteiger partial charge in [0.05, 0.1) is 24.9 Å². The van der Waals surface area contributed by atoms with Crippen LogP contribution in [0.2, 0.25) is 0 Å². The van der Waals surface area contributed by atoms with Gasteiger partial charge in [-0.15, -0.1) is 0 Å². The molecule has 4 aromatic heterocycles. The number of nitrogens with one attached hydrogen (secondary N) is 1. The fourth-order valence-electron chi connectivity index (χ4n) is 4.74. The van der Waals surface area contributed by atoms with Gasteiger partial charge in [0.2, 0.25) is 0 Å². The van der Waals surface area contributed by atoms with Crippen molar-refractivity contribution in [2.75, 3.05) is 7.11 Å². The Morgan fingerprint density at radius 2 is 1.95 bits per heavy atom. The average Bonchev–Trinajstić information content (AvgIpc) is 3.55. The standard InChI is InChI=1S/C26H27FN6O4/c1-14(2)11-32-23-21(24(34)31(4)26(32)36)22(20-8-15(12-30(20)3)25(35)37-5)33(29-23)13-16-10-28-19-7-6-17(27)9-18(16)19/h6-10,12,14,28H,11,13H2,1-5H3. The van der Waals surface area contributed by atoms with E-state index in [1.165, 1.54) is 30.9 Å². The topological polar surface area (TPSA) is 109 Å². The third-order valence-corrected chi connectivity index (χ3v) is 6.49. The van der Waals surface area contributed by atoms with E-state index < -0.39 is 17.2 Å². The maximum atomic E-state index is 14.1. The first-order valence-electron chi connectivity index (χ1n) is 11.8. The van der Waals surface area contributed by atoms with Crippen molar-refractivity contribution in [1.82, 2.24) is 28.5 Å². The second-order valence-electron chi connectivity index (χ2n) is 9.58. The molecular formula is C26H27FN6O4. The van der Waals surface area contributed by atoms with E-state index in [1.807, 2.05) is 13.8 Å². The van der Waals surface area contributed by atoms with Gasteiger partial charge < -0.3 is 14.3 Å². The van der Waals surface area contributed by atoms with Crippen LogP contribution in [0.3, 0.4) is 0 Å². The third-order valence-electron chi connectivity index (χ3n) is 6.49. The summed E-state index contributed by atoms with van der Waals surface area (Å²) in [6.45, 7) is 4.49. The van der Waals surface area contributed by atoms with E-state index in [9.17, 15) is 18.8 Å². The summed E-state index contributed by atoms with van der Waals surface area (Å²) in [6, 6.07) is 6.11. The Labute approximate surface area is 210 Å². The molecule has 192 valence electrons. The Kier molecular flexibility index (Phi) is 5.85. The maximum Gasteiger partial charge on any atom is 0.339 e. The second-order valence-corrected chi connectivity index (χ2v) is 9.58. The number of aryl methyl sites for hydroxylation is 1. The molecule has 4 heterocycles. The molecule has 1 N–H and O–H groups in total. The highest BCUT2D eigenvalue weighted by molar-refractivity contribution is 5.95. The molecule has 0 saturated heterocycles. The van der Waals surface area contributed by atoms with Crippen LogP contribution < -0.4 is 11.2 Å². The molecule has 0 aliphatic rings. The number of methoxy groups -OCH3 is 1. The van der Waals surface area contributed by atoms with Crippen LogP contribution >= 0.6 is 0 Å². The number of esters is 1. The molecule has 0 radical (unpaired) electrons. The van der Waals surface area contributed by atoms with Gasteiger partial charge in [0.25, 0.3) is 5.56 Å². The Bertz CT molecular complexity index is 1800. The number of benzene rings is 1. The molecule has 0 atom stereocenters. The Morgan fingerprint density at radius 3 is 2.65 bits per heavy atom. The number of carbonyl (C=O) groups excluding carboxylic acids is 1. The van der Waals surface area contributed by atoms with Gasteiger partial charge in [-0.25, -0.2) is 14.0 Å². The molecular weight excluding hydrogens is 479 g/mol. The quantitative estimate of drug-likeness (QED) is 0.356. The summed E-state index contributed by atoms with van der Waals surface area (Å²) >= 11 is 0. The molecule has 10 nitrogen and oxygen atoms in total. The van der Waals surface area contributed by atoms with Gasteiger partial charge in [0, 0.05) is 43.9 Å². The number of hydrogen-bond acceptors (Lipinski definition) is 5. The molecule has 0 bridgehead atoms. The zero-order valence-corrected chi connectivity index (χ0v) is 21.2. The lowest BCUT2D eigenvalue weighted by Crippen LogP contribution is -2.38. The van der Waals surface area contributed by atoms with Crippen molar-refractivity contribution in [1.29, 1.82) is 0 Å². The van der Waals surface area contributed by atoms with Crippen LogP contribution in [0.1, 0.15) is 29.8 Å². The van der Waals surface area contributed by atoms with Crippen molar-refractivity contribution in [3.05, 3.63) is 74.4 Å². The summed E-state index contributed by atoms with van der Waals surface area (Å²) in [7, 11) is 4.49. The van der Waals surface area contributed by atoms with Gasteiger partial charge in [-0.1, -0.05) is 13.8 Å². The number of nitrogens with zero attached hydrogens (tertiary/aromatic N) is 5. The van der Waals surface area contributed by atoms with Crippen LogP contribution in [0.25, 0.3) is 33.3 Å². The monoisotopic (exact) mass is 506 g/mol. The SMILES string of the molecule is COC(=O)c1cc(-c2c3c(=O)n(C)c(=O)n(CC(C)C)c3nn2Cc2c[nH]c3ccc(F)cc23)n(C)c1. The second kappa shape index (κ2) is 8.91. The number of aromatic nitrogens is 6. The average molecular weight is 507 g/mol. The summed E-state index contributed by atoms with van der Waals surface area (Å²) in [5.74, 6) is -0.775. The van der Waals surface area contributed by atoms with Crippen LogP contribution in [0.15, 0.2) is 46.2 Å². The largest absolute Gasteiger partial charge is 0.465 e. The van der Waals surface area contributed by atoms with Gasteiger partial charge >= 0.3 is 11.7 Å². The molecule has 0 aliphatic heterocycles. The number of halogens is 1. The lowest BCUT2D eigenvalue weighted by atomic mass is 10.1. The Balaban J connectivity index is 1.84. The fraction of sp³-hybridized carbons (Fsp3) is 0.308. The van der Waals surface area contributed by atoms with Crippen LogP contribution in [0.5, 0.6) is 0 Å². The normalized spacial score (nSPS) is 11.8. The van der Waals surface area contributed by atoms with E-state index in [2.05, 4.69) is 4.98 Å². The molecule has 0 amide bonds. The fourth-order valence-corrected chi connectivity index (χ4v) is 4.74. The summed E-state index contributed by atoms with van der Waals surface area (Å²) in [5, 5.41) is 5.69. The molecule has 0 saturated carbocycles. The van der Waals surface area contributed by atoms with Crippen LogP contribution in [-0.2, 0) is 31.9 Å². The predicted molar refractivity (Wildman–Crippen MR) is 137 cm³/mol. The first kappa shape index (κ1) is 24.3. The van der Waals surface area contributed by atoms with Crippen molar-refractivity contribution in [3.63, 3.8) is 0 Å². The number of aromatic amines is 1. The van der Waals surface area contributed by atoms with E-state index in [-0.39, 0.29) is 29.3 Å². The summed E-state index contributed by atoms with van der Waals surface area (Å²) in [6.07, 6.45) is 3.38. The lowest BCUT2D eigenvalue weighted by molar-refractivity contribution is 0.0600. The van der Waals surface area contributed by atoms with Crippen molar-refractivity contribution < 1.29 is 13.9 Å². The van der Waals surface area contributed by atoms with Crippen molar-refractivity contribution >= 4 is 27.9 Å². The number of rotatable bonds is 6. The first-order valence-corrected chi connectivity index (χ1v) is 11.8. The highest BCUT2D eigenvalue weighted by atomic mass is 19.1. The van der Waals surface area contributed by atoms with Gasteiger partial charge in [-0.05, 0) is 35.7 Å². The smallest absolute Gasteiger partial charge is 0.339 e. The van der Waals surface area contributed by atoms with Crippen LogP contribution in [-0.4, -0.2) is 41.5 Å². The van der Waals surface area contributed by atoms with Crippen LogP contribution in [0.4, 0.5) is 4.39 Å². The van der Waals surface area contributed by atoms with Gasteiger partial charge in [0.1, 0.15) is 16.9 Å². The maximum absolute atomic E-state index is 14.1. The number of H-pyrrole nitrogens is 1. The summed E-state index contributed by atoms with van der Waals surface area (Å²) in [4.78, 5) is 42.0. The van der Waals surface area contributed by atoms with E-state index in [0.717, 1.165) is 15.6 Å². The molecule has 0 unspecified atom stereocenters. The van der Waals surface area contributed by atoms with Crippen molar-refractivity contribution in [3.8, 4) is 11.4 Å². The minimum absolute atomic E-state index is 0.115. The van der Waals surface area contributed by atoms with Crippen molar-refractivity contribution in [2.24, 2.45) is 20.0 Å². The highest BCUT2D eigenvalue weighted by Crippen LogP contribution is 2.30. The number of ether oxygens (including phenoxy) is 1. The zero-order valence-electron chi connectivity index (χ0n) is 21.2.